The van der Waals surface area contributed by atoms with E-state index in [2.05, 4.69) is 60.1 Å². The maximum atomic E-state index is 13.1. The van der Waals surface area contributed by atoms with E-state index >= 15 is 0 Å². The molecule has 2 aromatic carbocycles. The highest BCUT2D eigenvalue weighted by Gasteiger charge is 2.28. The van der Waals surface area contributed by atoms with Crippen LogP contribution in [0.15, 0.2) is 36.4 Å². The second-order valence-corrected chi connectivity index (χ2v) is 9.88. The van der Waals surface area contributed by atoms with Gasteiger partial charge in [0, 0.05) is 37.9 Å². The van der Waals surface area contributed by atoms with Crippen LogP contribution in [-0.2, 0) is 4.79 Å². The van der Waals surface area contributed by atoms with Gasteiger partial charge in [0.1, 0.15) is 5.82 Å². The van der Waals surface area contributed by atoms with Gasteiger partial charge in [0.05, 0.1) is 22.0 Å². The first kappa shape index (κ1) is 23.6. The van der Waals surface area contributed by atoms with Gasteiger partial charge in [0.15, 0.2) is 0 Å². The fourth-order valence-corrected chi connectivity index (χ4v) is 4.80. The Morgan fingerprint density at radius 3 is 2.79 bits per heavy atom. The number of imidazole rings is 1. The first-order chi connectivity index (χ1) is 15.8. The van der Waals surface area contributed by atoms with Gasteiger partial charge in [0.25, 0.3) is 0 Å². The number of nitrogens with zero attached hydrogens (tertiary/aromatic N) is 4. The molecule has 2 heterocycles. The zero-order valence-electron chi connectivity index (χ0n) is 20.1. The largest absolute Gasteiger partial charge is 0.371 e. The fourth-order valence-electron chi connectivity index (χ4n) is 4.59. The van der Waals surface area contributed by atoms with Crippen molar-refractivity contribution in [1.82, 2.24) is 19.8 Å². The Morgan fingerprint density at radius 1 is 1.18 bits per heavy atom. The number of carbonyl (C=O) groups excluding carboxylic acids is 1. The minimum absolute atomic E-state index is 0.0245. The average molecular weight is 468 g/mol. The molecule has 33 heavy (non-hydrogen) atoms. The molecule has 0 unspecified atom stereocenters. The number of carbonyl (C=O) groups is 1. The number of aromatic amines is 1. The van der Waals surface area contributed by atoms with Crippen molar-refractivity contribution in [2.45, 2.75) is 26.2 Å². The van der Waals surface area contributed by atoms with Gasteiger partial charge in [-0.2, -0.15) is 0 Å². The molecule has 3 aromatic rings. The summed E-state index contributed by atoms with van der Waals surface area (Å²) in [6.45, 7) is 5.52. The molecule has 0 spiro atoms. The molecule has 4 rings (SSSR count). The van der Waals surface area contributed by atoms with E-state index in [1.807, 2.05) is 24.1 Å². The molecule has 0 bridgehead atoms. The van der Waals surface area contributed by atoms with Crippen molar-refractivity contribution in [3.63, 3.8) is 0 Å². The van der Waals surface area contributed by atoms with Crippen molar-refractivity contribution in [2.24, 2.45) is 5.92 Å². The van der Waals surface area contributed by atoms with E-state index in [1.165, 1.54) is 5.56 Å². The Hall–Kier alpha value is -2.57. The molecule has 176 valence electrons. The summed E-state index contributed by atoms with van der Waals surface area (Å²) in [6, 6.07) is 12.3. The van der Waals surface area contributed by atoms with Crippen LogP contribution in [0.3, 0.4) is 0 Å². The molecular weight excluding hydrogens is 434 g/mol. The molecule has 1 aliphatic rings. The van der Waals surface area contributed by atoms with Crippen LogP contribution in [-0.4, -0.2) is 73.0 Å². The summed E-state index contributed by atoms with van der Waals surface area (Å²) in [5.74, 6) is 1.05. The fraction of sp³-hybridized carbons (Fsp3) is 0.462. The molecule has 0 saturated carbocycles. The predicted molar refractivity (Wildman–Crippen MR) is 137 cm³/mol. The highest BCUT2D eigenvalue weighted by Crippen LogP contribution is 2.33. The monoisotopic (exact) mass is 467 g/mol. The lowest BCUT2D eigenvalue weighted by molar-refractivity contribution is -0.134. The molecule has 7 heteroatoms. The van der Waals surface area contributed by atoms with E-state index in [9.17, 15) is 4.79 Å². The maximum absolute atomic E-state index is 13.1. The van der Waals surface area contributed by atoms with Gasteiger partial charge in [-0.1, -0.05) is 17.7 Å². The molecule has 1 N–H and O–H groups in total. The number of amides is 1. The number of H-pyrrole nitrogens is 1. The lowest BCUT2D eigenvalue weighted by Gasteiger charge is -2.35. The minimum Gasteiger partial charge on any atom is -0.371 e. The zero-order valence-corrected chi connectivity index (χ0v) is 20.8. The van der Waals surface area contributed by atoms with Gasteiger partial charge < -0.3 is 19.7 Å². The Bertz CT molecular complexity index is 1130. The van der Waals surface area contributed by atoms with Gasteiger partial charge >= 0.3 is 0 Å². The van der Waals surface area contributed by atoms with Crippen LogP contribution in [0.1, 0.15) is 24.8 Å². The minimum atomic E-state index is 0.0245. The van der Waals surface area contributed by atoms with Crippen molar-refractivity contribution < 1.29 is 4.79 Å². The maximum Gasteiger partial charge on any atom is 0.227 e. The van der Waals surface area contributed by atoms with E-state index in [0.29, 0.717) is 5.02 Å². The highest BCUT2D eigenvalue weighted by atomic mass is 35.5. The van der Waals surface area contributed by atoms with Gasteiger partial charge in [-0.3, -0.25) is 4.79 Å². The lowest BCUT2D eigenvalue weighted by Crippen LogP contribution is -2.44. The van der Waals surface area contributed by atoms with Crippen molar-refractivity contribution in [1.29, 1.82) is 0 Å². The number of nitrogens with one attached hydrogen (secondary N) is 1. The molecule has 6 nitrogen and oxygen atoms in total. The van der Waals surface area contributed by atoms with E-state index in [0.717, 1.165) is 73.6 Å². The molecule has 0 radical (unpaired) electrons. The number of piperidine rings is 1. The predicted octanol–water partition coefficient (Wildman–Crippen LogP) is 4.82. The summed E-state index contributed by atoms with van der Waals surface area (Å²) in [5, 5.41) is 0.666. The SMILES string of the molecule is Cc1ccc2[nH]c(-c3cc(N4CCC[C@H](C(=O)N(C)CCCN(C)C)C4)ccc3Cl)nc2c1. The van der Waals surface area contributed by atoms with E-state index in [-0.39, 0.29) is 11.8 Å². The Balaban J connectivity index is 1.50. The number of fused-ring (bicyclic) bond motifs is 1. The topological polar surface area (TPSA) is 55.5 Å². The summed E-state index contributed by atoms with van der Waals surface area (Å²) in [7, 11) is 6.06. The van der Waals surface area contributed by atoms with Gasteiger partial charge in [0.2, 0.25) is 5.91 Å². The number of halogens is 1. The van der Waals surface area contributed by atoms with Gasteiger partial charge in [-0.05, 0) is 82.7 Å². The van der Waals surface area contributed by atoms with Crippen LogP contribution >= 0.6 is 11.6 Å². The summed E-state index contributed by atoms with van der Waals surface area (Å²) in [6.07, 6.45) is 2.93. The second kappa shape index (κ2) is 10.1. The standard InChI is InChI=1S/C26H34ClN5O/c1-18-8-11-23-24(15-18)29-25(28-23)21-16-20(9-10-22(21)27)32-14-5-7-19(17-32)26(33)31(4)13-6-12-30(2)3/h8-11,15-16,19H,5-7,12-14,17H2,1-4H3,(H,28,29)/t19-/m0/s1. The van der Waals surface area contributed by atoms with Crippen molar-refractivity contribution >= 4 is 34.2 Å². The van der Waals surface area contributed by atoms with Crippen molar-refractivity contribution in [3.8, 4) is 11.4 Å². The molecule has 0 aliphatic carbocycles. The quantitative estimate of drug-likeness (QED) is 0.541. The molecule has 1 aliphatic heterocycles. The van der Waals surface area contributed by atoms with Crippen LogP contribution in [0.2, 0.25) is 5.02 Å². The Labute approximate surface area is 201 Å². The molecule has 1 fully saturated rings. The summed E-state index contributed by atoms with van der Waals surface area (Å²) >= 11 is 6.58. The third-order valence-electron chi connectivity index (χ3n) is 6.45. The smallest absolute Gasteiger partial charge is 0.227 e. The summed E-state index contributed by atoms with van der Waals surface area (Å²) < 4.78 is 0. The van der Waals surface area contributed by atoms with E-state index < -0.39 is 0 Å². The average Bonchev–Trinajstić information content (AvgIpc) is 3.21. The van der Waals surface area contributed by atoms with Crippen LogP contribution in [0.4, 0.5) is 5.69 Å². The Morgan fingerprint density at radius 2 is 2.00 bits per heavy atom. The molecule has 1 atom stereocenters. The molecule has 1 saturated heterocycles. The van der Waals surface area contributed by atoms with Gasteiger partial charge in [-0.15, -0.1) is 0 Å². The van der Waals surface area contributed by atoms with Crippen molar-refractivity contribution in [2.75, 3.05) is 52.2 Å². The number of rotatable bonds is 7. The Kier molecular flexibility index (Phi) is 7.25. The van der Waals surface area contributed by atoms with Crippen LogP contribution < -0.4 is 4.90 Å². The molecule has 1 aromatic heterocycles. The number of aromatic nitrogens is 2. The van der Waals surface area contributed by atoms with E-state index in [1.54, 1.807) is 0 Å². The number of anilines is 1. The summed E-state index contributed by atoms with van der Waals surface area (Å²) in [4.78, 5) is 27.6. The van der Waals surface area contributed by atoms with Crippen LogP contribution in [0.5, 0.6) is 0 Å². The molecule has 1 amide bonds. The number of hydrogen-bond donors (Lipinski definition) is 1. The second-order valence-electron chi connectivity index (χ2n) is 9.47. The number of hydrogen-bond acceptors (Lipinski definition) is 4. The summed E-state index contributed by atoms with van der Waals surface area (Å²) in [5.41, 5.74) is 5.08. The third kappa shape index (κ3) is 5.50. The number of aryl methyl sites for hydroxylation is 1. The normalized spacial score (nSPS) is 16.5. The van der Waals surface area contributed by atoms with Crippen LogP contribution in [0, 0.1) is 12.8 Å². The lowest BCUT2D eigenvalue weighted by atomic mass is 9.95. The van der Waals surface area contributed by atoms with Crippen molar-refractivity contribution in [3.05, 3.63) is 47.0 Å². The molecular formula is C26H34ClN5O. The third-order valence-corrected chi connectivity index (χ3v) is 6.78. The van der Waals surface area contributed by atoms with Gasteiger partial charge in [-0.25, -0.2) is 4.98 Å². The highest BCUT2D eigenvalue weighted by molar-refractivity contribution is 6.33. The first-order valence-corrected chi connectivity index (χ1v) is 12.1. The number of benzene rings is 2. The first-order valence-electron chi connectivity index (χ1n) is 11.7. The van der Waals surface area contributed by atoms with E-state index in [4.69, 9.17) is 16.6 Å². The zero-order chi connectivity index (χ0) is 23.5. The van der Waals surface area contributed by atoms with Crippen LogP contribution in [0.25, 0.3) is 22.4 Å².